The fourth-order valence-corrected chi connectivity index (χ4v) is 4.65. The molecule has 3 amide bonds. The second-order valence-corrected chi connectivity index (χ2v) is 9.04. The zero-order valence-electron chi connectivity index (χ0n) is 19.3. The lowest BCUT2D eigenvalue weighted by Gasteiger charge is -2.29. The van der Waals surface area contributed by atoms with Gasteiger partial charge in [-0.2, -0.15) is 0 Å². The highest BCUT2D eigenvalue weighted by Gasteiger charge is 2.28. The number of carbonyl (C=O) groups excluding carboxylic acids is 3. The molecule has 0 unspecified atom stereocenters. The molecule has 10 heteroatoms. The monoisotopic (exact) mass is 461 g/mol. The van der Waals surface area contributed by atoms with E-state index in [4.69, 9.17) is 0 Å². The highest BCUT2D eigenvalue weighted by atomic mass is 16.2. The van der Waals surface area contributed by atoms with Gasteiger partial charge in [0.15, 0.2) is 6.29 Å². The number of imidazole rings is 1. The van der Waals surface area contributed by atoms with Crippen molar-refractivity contribution in [1.82, 2.24) is 24.4 Å². The van der Waals surface area contributed by atoms with Gasteiger partial charge in [0.25, 0.3) is 0 Å². The largest absolute Gasteiger partial charge is 0.338 e. The number of aryl methyl sites for hydroxylation is 1. The maximum absolute atomic E-state index is 13.2. The number of aromatic nitrogens is 4. The number of carbonyl (C=O) groups is 3. The van der Waals surface area contributed by atoms with Crippen molar-refractivity contribution in [2.45, 2.75) is 52.1 Å². The Kier molecular flexibility index (Phi) is 5.72. The molecule has 3 aromatic rings. The average Bonchev–Trinajstić information content (AvgIpc) is 3.43. The number of aldehydes is 1. The zero-order valence-corrected chi connectivity index (χ0v) is 19.3. The molecular weight excluding hydrogens is 434 g/mol. The molecule has 0 saturated carbocycles. The van der Waals surface area contributed by atoms with Crippen LogP contribution in [0.4, 0.5) is 16.4 Å². The number of nitrogens with zero attached hydrogens (tertiary/aromatic N) is 6. The van der Waals surface area contributed by atoms with Crippen LogP contribution in [0.25, 0.3) is 11.0 Å². The first-order chi connectivity index (χ1) is 16.4. The maximum atomic E-state index is 13.2. The molecule has 0 aliphatic carbocycles. The van der Waals surface area contributed by atoms with Gasteiger partial charge in [-0.15, -0.1) is 0 Å². The van der Waals surface area contributed by atoms with E-state index in [-0.39, 0.29) is 23.7 Å². The number of amides is 3. The summed E-state index contributed by atoms with van der Waals surface area (Å²) in [5.74, 6) is 1.00. The minimum absolute atomic E-state index is 0.0962. The van der Waals surface area contributed by atoms with E-state index < -0.39 is 0 Å². The fraction of sp³-hybridized carbons (Fsp3) is 0.417. The summed E-state index contributed by atoms with van der Waals surface area (Å²) in [5, 5.41) is 2.87. The third-order valence-corrected chi connectivity index (χ3v) is 6.42. The van der Waals surface area contributed by atoms with Crippen LogP contribution in [-0.2, 0) is 17.8 Å². The second-order valence-electron chi connectivity index (χ2n) is 9.04. The van der Waals surface area contributed by atoms with Crippen LogP contribution in [0.3, 0.4) is 0 Å². The lowest BCUT2D eigenvalue weighted by atomic mass is 10.0. The van der Waals surface area contributed by atoms with Crippen LogP contribution in [0.2, 0.25) is 0 Å². The van der Waals surface area contributed by atoms with Gasteiger partial charge in [0.05, 0.1) is 18.0 Å². The first-order valence-corrected chi connectivity index (χ1v) is 11.6. The normalized spacial score (nSPS) is 15.8. The predicted molar refractivity (Wildman–Crippen MR) is 127 cm³/mol. The topological polar surface area (TPSA) is 113 Å². The van der Waals surface area contributed by atoms with E-state index in [9.17, 15) is 14.4 Å². The Hall–Kier alpha value is -3.82. The lowest BCUT2D eigenvalue weighted by molar-refractivity contribution is -0.128. The van der Waals surface area contributed by atoms with E-state index in [0.717, 1.165) is 41.4 Å². The van der Waals surface area contributed by atoms with Crippen LogP contribution in [0, 0.1) is 0 Å². The van der Waals surface area contributed by atoms with Crippen LogP contribution in [0.5, 0.6) is 0 Å². The van der Waals surface area contributed by atoms with Crippen LogP contribution in [0.1, 0.15) is 60.8 Å². The number of urea groups is 1. The molecule has 1 saturated heterocycles. The third-order valence-electron chi connectivity index (χ3n) is 6.42. The molecule has 34 heavy (non-hydrogen) atoms. The van der Waals surface area contributed by atoms with Crippen LogP contribution < -0.4 is 10.2 Å². The Balaban J connectivity index is 1.41. The summed E-state index contributed by atoms with van der Waals surface area (Å²) in [6, 6.07) is 3.60. The van der Waals surface area contributed by atoms with Crippen molar-refractivity contribution in [3.8, 4) is 0 Å². The van der Waals surface area contributed by atoms with Crippen molar-refractivity contribution < 1.29 is 14.4 Å². The standard InChI is InChI=1S/C24H27N7O3/c1-15(2)31-14-26-18-11-25-21(10-20(18)31)28-24(34)30-8-3-5-16-9-17(19(13-32)27-23(16)30)12-29-7-4-6-22(29)33/h9-11,13-15H,3-8,12H2,1-2H3,(H,25,28,34). The minimum atomic E-state index is -0.352. The molecule has 0 bridgehead atoms. The van der Waals surface area contributed by atoms with E-state index >= 15 is 0 Å². The maximum Gasteiger partial charge on any atom is 0.328 e. The molecule has 0 aromatic carbocycles. The number of fused-ring (bicyclic) bond motifs is 2. The fourth-order valence-electron chi connectivity index (χ4n) is 4.65. The predicted octanol–water partition coefficient (Wildman–Crippen LogP) is 3.33. The number of hydrogen-bond acceptors (Lipinski definition) is 6. The van der Waals surface area contributed by atoms with Gasteiger partial charge in [-0.3, -0.25) is 19.8 Å². The third kappa shape index (κ3) is 4.00. The second kappa shape index (κ2) is 8.85. The van der Waals surface area contributed by atoms with Crippen LogP contribution >= 0.6 is 0 Å². The Morgan fingerprint density at radius 3 is 2.74 bits per heavy atom. The summed E-state index contributed by atoms with van der Waals surface area (Å²) in [5.41, 5.74) is 3.53. The molecule has 10 nitrogen and oxygen atoms in total. The van der Waals surface area contributed by atoms with E-state index in [1.165, 1.54) is 0 Å². The average molecular weight is 462 g/mol. The number of likely N-dealkylation sites (tertiary alicyclic amines) is 1. The van der Waals surface area contributed by atoms with Gasteiger partial charge in [-0.25, -0.2) is 19.7 Å². The summed E-state index contributed by atoms with van der Waals surface area (Å²) in [4.78, 5) is 53.6. The molecule has 1 N–H and O–H groups in total. The van der Waals surface area contributed by atoms with Gasteiger partial charge in [0.1, 0.15) is 22.8 Å². The highest BCUT2D eigenvalue weighted by Crippen LogP contribution is 2.29. The molecule has 2 aliphatic rings. The zero-order chi connectivity index (χ0) is 23.8. The first kappa shape index (κ1) is 22.0. The van der Waals surface area contributed by atoms with Crippen molar-refractivity contribution in [1.29, 1.82) is 0 Å². The molecule has 0 atom stereocenters. The quantitative estimate of drug-likeness (QED) is 0.583. The van der Waals surface area contributed by atoms with Gasteiger partial charge in [-0.05, 0) is 44.7 Å². The molecule has 0 radical (unpaired) electrons. The Labute approximate surface area is 197 Å². The molecule has 3 aromatic heterocycles. The van der Waals surface area contributed by atoms with E-state index in [0.29, 0.717) is 44.0 Å². The van der Waals surface area contributed by atoms with Gasteiger partial charge < -0.3 is 9.47 Å². The molecular formula is C24H27N7O3. The Morgan fingerprint density at radius 1 is 1.18 bits per heavy atom. The molecule has 5 heterocycles. The summed E-state index contributed by atoms with van der Waals surface area (Å²) < 4.78 is 2.02. The van der Waals surface area contributed by atoms with Crippen LogP contribution in [0.15, 0.2) is 24.7 Å². The molecule has 5 rings (SSSR count). The van der Waals surface area contributed by atoms with Gasteiger partial charge in [0.2, 0.25) is 5.91 Å². The molecule has 1 fully saturated rings. The Bertz CT molecular complexity index is 1280. The van der Waals surface area contributed by atoms with Crippen molar-refractivity contribution >= 4 is 40.9 Å². The lowest BCUT2D eigenvalue weighted by Crippen LogP contribution is -2.40. The van der Waals surface area contributed by atoms with Gasteiger partial charge in [0, 0.05) is 43.7 Å². The number of anilines is 2. The highest BCUT2D eigenvalue weighted by molar-refractivity contribution is 6.02. The van der Waals surface area contributed by atoms with Gasteiger partial charge >= 0.3 is 6.03 Å². The van der Waals surface area contributed by atoms with E-state index in [1.54, 1.807) is 22.3 Å². The van der Waals surface area contributed by atoms with Gasteiger partial charge in [-0.1, -0.05) is 0 Å². The van der Waals surface area contributed by atoms with E-state index in [1.807, 2.05) is 16.7 Å². The number of hydrogen-bond donors (Lipinski definition) is 1. The summed E-state index contributed by atoms with van der Waals surface area (Å²) in [7, 11) is 0. The summed E-state index contributed by atoms with van der Waals surface area (Å²) in [6.45, 7) is 5.67. The summed E-state index contributed by atoms with van der Waals surface area (Å²) in [6.07, 6.45) is 7.01. The Morgan fingerprint density at radius 2 is 2.00 bits per heavy atom. The van der Waals surface area contributed by atoms with Crippen molar-refractivity contribution in [2.75, 3.05) is 23.3 Å². The number of nitrogens with one attached hydrogen (secondary N) is 1. The molecule has 2 aliphatic heterocycles. The number of rotatable bonds is 5. The van der Waals surface area contributed by atoms with E-state index in [2.05, 4.69) is 34.1 Å². The van der Waals surface area contributed by atoms with Crippen molar-refractivity contribution in [3.05, 3.63) is 41.5 Å². The minimum Gasteiger partial charge on any atom is -0.338 e. The van der Waals surface area contributed by atoms with Crippen molar-refractivity contribution in [2.24, 2.45) is 0 Å². The number of pyridine rings is 2. The first-order valence-electron chi connectivity index (χ1n) is 11.6. The molecule has 176 valence electrons. The van der Waals surface area contributed by atoms with Crippen molar-refractivity contribution in [3.63, 3.8) is 0 Å². The summed E-state index contributed by atoms with van der Waals surface area (Å²) >= 11 is 0. The smallest absolute Gasteiger partial charge is 0.328 e. The SMILES string of the molecule is CC(C)n1cnc2cnc(NC(=O)N3CCCc4cc(CN5CCCC5=O)c(C=O)nc43)cc21. The van der Waals surface area contributed by atoms with Crippen LogP contribution in [-0.4, -0.2) is 55.7 Å². The molecule has 0 spiro atoms.